The lowest BCUT2D eigenvalue weighted by Gasteiger charge is -2.13. The van der Waals surface area contributed by atoms with Crippen molar-refractivity contribution in [2.24, 2.45) is 0 Å². The summed E-state index contributed by atoms with van der Waals surface area (Å²) in [4.78, 5) is 0. The fourth-order valence-electron chi connectivity index (χ4n) is 1.83. The monoisotopic (exact) mass is 196 g/mol. The number of hydrogen-bond acceptors (Lipinski definition) is 3. The average molecular weight is 196 g/mol. The van der Waals surface area contributed by atoms with Gasteiger partial charge in [0.25, 0.3) is 0 Å². The molecule has 0 saturated carbocycles. The minimum atomic E-state index is -0.566. The Bertz CT molecular complexity index is 348. The van der Waals surface area contributed by atoms with Gasteiger partial charge in [-0.25, -0.2) is 4.39 Å². The standard InChI is InChI=1S/C10H13FN2O/c11-7-4-3-6(10(14)9(7)12)8-2-1-5-13-8/h3-4,8,13-14H,1-2,5,12H2/t8-/m1/s1. The van der Waals surface area contributed by atoms with E-state index in [4.69, 9.17) is 5.73 Å². The van der Waals surface area contributed by atoms with Crippen molar-refractivity contribution in [3.8, 4) is 5.75 Å². The molecule has 1 aromatic carbocycles. The molecular weight excluding hydrogens is 183 g/mol. The van der Waals surface area contributed by atoms with Crippen molar-refractivity contribution in [2.45, 2.75) is 18.9 Å². The molecule has 1 saturated heterocycles. The van der Waals surface area contributed by atoms with E-state index in [1.807, 2.05) is 0 Å². The molecular formula is C10H13FN2O. The Balaban J connectivity index is 2.38. The first-order valence-electron chi connectivity index (χ1n) is 4.70. The van der Waals surface area contributed by atoms with Crippen LogP contribution in [0.2, 0.25) is 0 Å². The lowest BCUT2D eigenvalue weighted by atomic mass is 10.0. The molecule has 1 atom stereocenters. The summed E-state index contributed by atoms with van der Waals surface area (Å²) in [6, 6.07) is 2.99. The number of halogens is 1. The number of phenolic OH excluding ortho intramolecular Hbond substituents is 1. The number of rotatable bonds is 1. The van der Waals surface area contributed by atoms with Crippen LogP contribution in [-0.2, 0) is 0 Å². The summed E-state index contributed by atoms with van der Waals surface area (Å²) >= 11 is 0. The van der Waals surface area contributed by atoms with E-state index in [0.717, 1.165) is 19.4 Å². The maximum Gasteiger partial charge on any atom is 0.149 e. The number of anilines is 1. The van der Waals surface area contributed by atoms with Gasteiger partial charge in [0.05, 0.1) is 0 Å². The van der Waals surface area contributed by atoms with Crippen LogP contribution >= 0.6 is 0 Å². The molecule has 4 heteroatoms. The van der Waals surface area contributed by atoms with Crippen LogP contribution in [0.5, 0.6) is 5.75 Å². The first kappa shape index (κ1) is 9.27. The second-order valence-corrected chi connectivity index (χ2v) is 3.55. The first-order valence-corrected chi connectivity index (χ1v) is 4.70. The third-order valence-electron chi connectivity index (χ3n) is 2.63. The van der Waals surface area contributed by atoms with E-state index in [1.165, 1.54) is 6.07 Å². The van der Waals surface area contributed by atoms with Gasteiger partial charge in [0.2, 0.25) is 0 Å². The highest BCUT2D eigenvalue weighted by Gasteiger charge is 2.21. The normalized spacial score (nSPS) is 21.4. The predicted octanol–water partition coefficient (Wildman–Crippen LogP) is 1.54. The van der Waals surface area contributed by atoms with Gasteiger partial charge in [-0.15, -0.1) is 0 Å². The van der Waals surface area contributed by atoms with Gasteiger partial charge in [-0.2, -0.15) is 0 Å². The summed E-state index contributed by atoms with van der Waals surface area (Å²) in [5.41, 5.74) is 5.94. The summed E-state index contributed by atoms with van der Waals surface area (Å²) in [6.45, 7) is 0.932. The Kier molecular flexibility index (Phi) is 2.29. The van der Waals surface area contributed by atoms with E-state index >= 15 is 0 Å². The van der Waals surface area contributed by atoms with Crippen LogP contribution in [0.4, 0.5) is 10.1 Å². The fraction of sp³-hybridized carbons (Fsp3) is 0.400. The number of nitrogen functional groups attached to an aromatic ring is 1. The molecule has 0 spiro atoms. The van der Waals surface area contributed by atoms with Crippen molar-refractivity contribution in [3.63, 3.8) is 0 Å². The van der Waals surface area contributed by atoms with E-state index in [9.17, 15) is 9.50 Å². The molecule has 1 aliphatic rings. The first-order chi connectivity index (χ1) is 6.70. The van der Waals surface area contributed by atoms with Gasteiger partial charge < -0.3 is 16.2 Å². The third-order valence-corrected chi connectivity index (χ3v) is 2.63. The number of aromatic hydroxyl groups is 1. The van der Waals surface area contributed by atoms with Crippen LogP contribution in [-0.4, -0.2) is 11.7 Å². The van der Waals surface area contributed by atoms with Gasteiger partial charge in [-0.05, 0) is 25.5 Å². The Morgan fingerprint density at radius 3 is 2.93 bits per heavy atom. The van der Waals surface area contributed by atoms with Gasteiger partial charge in [-0.1, -0.05) is 6.07 Å². The zero-order valence-corrected chi connectivity index (χ0v) is 7.76. The average Bonchev–Trinajstić information content (AvgIpc) is 2.67. The molecule has 0 radical (unpaired) electrons. The van der Waals surface area contributed by atoms with E-state index in [-0.39, 0.29) is 17.5 Å². The topological polar surface area (TPSA) is 58.3 Å². The van der Waals surface area contributed by atoms with Gasteiger partial charge >= 0.3 is 0 Å². The molecule has 1 fully saturated rings. The Morgan fingerprint density at radius 1 is 1.50 bits per heavy atom. The van der Waals surface area contributed by atoms with E-state index in [0.29, 0.717) is 5.56 Å². The van der Waals surface area contributed by atoms with E-state index in [2.05, 4.69) is 5.32 Å². The molecule has 76 valence electrons. The molecule has 1 aliphatic heterocycles. The van der Waals surface area contributed by atoms with Crippen molar-refractivity contribution < 1.29 is 9.50 Å². The summed E-state index contributed by atoms with van der Waals surface area (Å²) in [7, 11) is 0. The van der Waals surface area contributed by atoms with Crippen molar-refractivity contribution in [1.29, 1.82) is 0 Å². The lowest BCUT2D eigenvalue weighted by molar-refractivity contribution is 0.454. The SMILES string of the molecule is Nc1c(F)ccc([C@H]2CCCN2)c1O. The van der Waals surface area contributed by atoms with Crippen LogP contribution < -0.4 is 11.1 Å². The summed E-state index contributed by atoms with van der Waals surface area (Å²) in [5, 5.41) is 12.9. The van der Waals surface area contributed by atoms with Crippen LogP contribution in [0.15, 0.2) is 12.1 Å². The molecule has 0 aliphatic carbocycles. The van der Waals surface area contributed by atoms with Crippen molar-refractivity contribution in [1.82, 2.24) is 5.32 Å². The fourth-order valence-corrected chi connectivity index (χ4v) is 1.83. The van der Waals surface area contributed by atoms with Crippen LogP contribution in [0.1, 0.15) is 24.4 Å². The molecule has 2 rings (SSSR count). The number of phenols is 1. The molecule has 0 bridgehead atoms. The van der Waals surface area contributed by atoms with Crippen LogP contribution in [0, 0.1) is 5.82 Å². The maximum atomic E-state index is 12.9. The minimum Gasteiger partial charge on any atom is -0.505 e. The van der Waals surface area contributed by atoms with Crippen molar-refractivity contribution in [2.75, 3.05) is 12.3 Å². The molecule has 1 heterocycles. The zero-order valence-electron chi connectivity index (χ0n) is 7.76. The van der Waals surface area contributed by atoms with E-state index in [1.54, 1.807) is 6.07 Å². The zero-order chi connectivity index (χ0) is 10.1. The number of nitrogens with one attached hydrogen (secondary N) is 1. The third kappa shape index (κ3) is 1.42. The second-order valence-electron chi connectivity index (χ2n) is 3.55. The van der Waals surface area contributed by atoms with Crippen LogP contribution in [0.3, 0.4) is 0 Å². The minimum absolute atomic E-state index is 0.109. The molecule has 4 N–H and O–H groups in total. The molecule has 1 aromatic rings. The molecule has 0 unspecified atom stereocenters. The quantitative estimate of drug-likeness (QED) is 0.471. The summed E-state index contributed by atoms with van der Waals surface area (Å²) in [5.74, 6) is -0.686. The number of benzene rings is 1. The van der Waals surface area contributed by atoms with Gasteiger partial charge in [0, 0.05) is 11.6 Å². The second kappa shape index (κ2) is 3.46. The highest BCUT2D eigenvalue weighted by molar-refractivity contribution is 5.57. The molecule has 0 amide bonds. The molecule has 0 aromatic heterocycles. The van der Waals surface area contributed by atoms with Gasteiger partial charge in [0.1, 0.15) is 17.3 Å². The summed E-state index contributed by atoms with van der Waals surface area (Å²) in [6.07, 6.45) is 2.03. The van der Waals surface area contributed by atoms with Gasteiger partial charge in [-0.3, -0.25) is 0 Å². The molecule has 14 heavy (non-hydrogen) atoms. The molecule has 3 nitrogen and oxygen atoms in total. The summed E-state index contributed by atoms with van der Waals surface area (Å²) < 4.78 is 12.9. The van der Waals surface area contributed by atoms with Crippen molar-refractivity contribution in [3.05, 3.63) is 23.5 Å². The predicted molar refractivity (Wildman–Crippen MR) is 52.5 cm³/mol. The highest BCUT2D eigenvalue weighted by atomic mass is 19.1. The smallest absolute Gasteiger partial charge is 0.149 e. The van der Waals surface area contributed by atoms with Gasteiger partial charge in [0.15, 0.2) is 0 Å². The number of hydrogen-bond donors (Lipinski definition) is 3. The Hall–Kier alpha value is -1.29. The Morgan fingerprint density at radius 2 is 2.29 bits per heavy atom. The largest absolute Gasteiger partial charge is 0.505 e. The lowest BCUT2D eigenvalue weighted by Crippen LogP contribution is -2.13. The maximum absolute atomic E-state index is 12.9. The van der Waals surface area contributed by atoms with Crippen LogP contribution in [0.25, 0.3) is 0 Å². The Labute approximate surface area is 81.7 Å². The van der Waals surface area contributed by atoms with E-state index < -0.39 is 5.82 Å². The van der Waals surface area contributed by atoms with Crippen molar-refractivity contribution >= 4 is 5.69 Å². The number of nitrogens with two attached hydrogens (primary N) is 1. The highest BCUT2D eigenvalue weighted by Crippen LogP contribution is 2.35.